The molecule has 2 aliphatic rings. The molecule has 1 aliphatic heterocycles. The van der Waals surface area contributed by atoms with Crippen molar-refractivity contribution in [1.82, 2.24) is 10.6 Å². The fourth-order valence-corrected chi connectivity index (χ4v) is 2.81. The fraction of sp³-hybridized carbons (Fsp3) is 0.286. The van der Waals surface area contributed by atoms with Gasteiger partial charge in [-0.3, -0.25) is 4.79 Å². The van der Waals surface area contributed by atoms with Crippen molar-refractivity contribution < 1.29 is 9.59 Å². The van der Waals surface area contributed by atoms with Crippen molar-refractivity contribution >= 4 is 17.5 Å². The predicted molar refractivity (Wildman–Crippen MR) is 75.5 cm³/mol. The van der Waals surface area contributed by atoms with Gasteiger partial charge in [-0.15, -0.1) is 0 Å². The van der Waals surface area contributed by atoms with Gasteiger partial charge in [-0.1, -0.05) is 29.4 Å². The lowest BCUT2D eigenvalue weighted by molar-refractivity contribution is -0.116. The molecule has 106 valence electrons. The van der Waals surface area contributed by atoms with Crippen molar-refractivity contribution in [1.29, 1.82) is 0 Å². The van der Waals surface area contributed by atoms with Gasteiger partial charge in [-0.05, 0) is 23.9 Å². The van der Waals surface area contributed by atoms with Crippen LogP contribution in [0, 0.1) is 0 Å². The lowest BCUT2D eigenvalue weighted by Gasteiger charge is -2.32. The first-order chi connectivity index (χ1) is 10.2. The third-order valence-corrected chi connectivity index (χ3v) is 3.68. The van der Waals surface area contributed by atoms with Crippen LogP contribution in [0.15, 0.2) is 40.6 Å². The van der Waals surface area contributed by atoms with E-state index in [0.29, 0.717) is 35.4 Å². The summed E-state index contributed by atoms with van der Waals surface area (Å²) in [6.07, 6.45) is 1.88. The van der Waals surface area contributed by atoms with Crippen LogP contribution in [0.25, 0.3) is 10.4 Å². The number of amides is 2. The molecule has 7 nitrogen and oxygen atoms in total. The van der Waals surface area contributed by atoms with Gasteiger partial charge in [0.2, 0.25) is 0 Å². The number of ketones is 1. The Balaban J connectivity index is 2.14. The van der Waals surface area contributed by atoms with Crippen molar-refractivity contribution in [2.75, 3.05) is 0 Å². The number of carbonyl (C=O) groups is 2. The molecule has 2 amide bonds. The second kappa shape index (κ2) is 5.30. The Hall–Kier alpha value is -2.79. The average molecular weight is 283 g/mol. The highest BCUT2D eigenvalue weighted by molar-refractivity contribution is 6.01. The summed E-state index contributed by atoms with van der Waals surface area (Å²) in [6.45, 7) is 0. The van der Waals surface area contributed by atoms with Gasteiger partial charge < -0.3 is 10.6 Å². The van der Waals surface area contributed by atoms with Crippen LogP contribution in [0.2, 0.25) is 0 Å². The number of hydrogen-bond acceptors (Lipinski definition) is 3. The summed E-state index contributed by atoms with van der Waals surface area (Å²) in [5.41, 5.74) is 11.0. The Kier molecular flexibility index (Phi) is 3.33. The number of hydrogen-bond donors (Lipinski definition) is 2. The number of benzene rings is 1. The minimum Gasteiger partial charge on any atom is -0.327 e. The Morgan fingerprint density at radius 3 is 2.86 bits per heavy atom. The van der Waals surface area contributed by atoms with Crippen LogP contribution in [-0.4, -0.2) is 11.8 Å². The molecule has 0 saturated carbocycles. The topological polar surface area (TPSA) is 107 Å². The molecule has 1 atom stereocenters. The Morgan fingerprint density at radius 2 is 2.05 bits per heavy atom. The molecular formula is C14H13N5O2. The minimum atomic E-state index is -0.566. The van der Waals surface area contributed by atoms with Crippen molar-refractivity contribution in [2.45, 2.75) is 25.3 Å². The van der Waals surface area contributed by atoms with E-state index >= 15 is 0 Å². The molecule has 3 rings (SSSR count). The maximum absolute atomic E-state index is 12.2. The van der Waals surface area contributed by atoms with Gasteiger partial charge in [0.15, 0.2) is 5.78 Å². The van der Waals surface area contributed by atoms with E-state index in [1.807, 2.05) is 0 Å². The van der Waals surface area contributed by atoms with Crippen LogP contribution in [0.1, 0.15) is 30.9 Å². The number of nitrogens with zero attached hydrogens (tertiary/aromatic N) is 3. The molecule has 0 radical (unpaired) electrons. The SMILES string of the molecule is [N-]=[N+]=Nc1ccccc1C1NC(=O)NC2=C1C(=O)CCC2. The molecule has 1 aliphatic carbocycles. The first-order valence-corrected chi connectivity index (χ1v) is 6.68. The first kappa shape index (κ1) is 13.2. The summed E-state index contributed by atoms with van der Waals surface area (Å²) in [6, 6.07) is 6.04. The molecule has 1 aromatic rings. The van der Waals surface area contributed by atoms with E-state index in [4.69, 9.17) is 5.53 Å². The number of urea groups is 1. The third-order valence-electron chi connectivity index (χ3n) is 3.68. The van der Waals surface area contributed by atoms with Gasteiger partial charge in [0.1, 0.15) is 0 Å². The van der Waals surface area contributed by atoms with Crippen molar-refractivity contribution in [3.63, 3.8) is 0 Å². The van der Waals surface area contributed by atoms with E-state index in [1.165, 1.54) is 0 Å². The molecule has 0 fully saturated rings. The van der Waals surface area contributed by atoms with E-state index in [-0.39, 0.29) is 11.8 Å². The van der Waals surface area contributed by atoms with Gasteiger partial charge in [0.25, 0.3) is 0 Å². The zero-order valence-corrected chi connectivity index (χ0v) is 11.2. The van der Waals surface area contributed by atoms with Gasteiger partial charge in [-0.25, -0.2) is 4.79 Å². The zero-order chi connectivity index (χ0) is 14.8. The van der Waals surface area contributed by atoms with Gasteiger partial charge in [0, 0.05) is 28.3 Å². The second-order valence-corrected chi connectivity index (χ2v) is 4.95. The Labute approximate surface area is 120 Å². The summed E-state index contributed by atoms with van der Waals surface area (Å²) < 4.78 is 0. The van der Waals surface area contributed by atoms with Crippen LogP contribution < -0.4 is 10.6 Å². The molecule has 1 aromatic carbocycles. The summed E-state index contributed by atoms with van der Waals surface area (Å²) in [7, 11) is 0. The molecule has 2 N–H and O–H groups in total. The molecule has 0 spiro atoms. The highest BCUT2D eigenvalue weighted by Crippen LogP contribution is 2.37. The molecule has 1 unspecified atom stereocenters. The van der Waals surface area contributed by atoms with Crippen molar-refractivity contribution in [2.24, 2.45) is 5.11 Å². The maximum Gasteiger partial charge on any atom is 0.319 e. The number of azide groups is 1. The molecule has 0 bridgehead atoms. The summed E-state index contributed by atoms with van der Waals surface area (Å²) in [5.74, 6) is 0.0180. The predicted octanol–water partition coefficient (Wildman–Crippen LogP) is 2.99. The highest BCUT2D eigenvalue weighted by atomic mass is 16.2. The van der Waals surface area contributed by atoms with E-state index < -0.39 is 6.04 Å². The minimum absolute atomic E-state index is 0.0180. The van der Waals surface area contributed by atoms with Crippen LogP contribution in [-0.2, 0) is 4.79 Å². The number of Topliss-reactive ketones (excluding diaryl/α,β-unsaturated/α-hetero) is 1. The van der Waals surface area contributed by atoms with Crippen LogP contribution in [0.3, 0.4) is 0 Å². The first-order valence-electron chi connectivity index (χ1n) is 6.68. The summed E-state index contributed by atoms with van der Waals surface area (Å²) in [4.78, 5) is 26.8. The molecule has 0 saturated heterocycles. The number of rotatable bonds is 2. The standard InChI is InChI=1S/C14H13N5O2/c15-19-18-9-5-2-1-4-8(9)13-12-10(16-14(21)17-13)6-3-7-11(12)20/h1-2,4-5,13H,3,6-7H2,(H2,16,17,21). The van der Waals surface area contributed by atoms with E-state index in [0.717, 1.165) is 6.42 Å². The zero-order valence-electron chi connectivity index (χ0n) is 11.2. The van der Waals surface area contributed by atoms with Gasteiger partial charge in [-0.2, -0.15) is 0 Å². The molecule has 7 heteroatoms. The molecule has 21 heavy (non-hydrogen) atoms. The van der Waals surface area contributed by atoms with Crippen molar-refractivity contribution in [3.8, 4) is 0 Å². The maximum atomic E-state index is 12.2. The highest BCUT2D eigenvalue weighted by Gasteiger charge is 2.34. The number of allylic oxidation sites excluding steroid dienone is 1. The van der Waals surface area contributed by atoms with Crippen LogP contribution >= 0.6 is 0 Å². The summed E-state index contributed by atoms with van der Waals surface area (Å²) >= 11 is 0. The lowest BCUT2D eigenvalue weighted by atomic mass is 9.85. The molecule has 0 aromatic heterocycles. The third kappa shape index (κ3) is 2.34. The Morgan fingerprint density at radius 1 is 1.24 bits per heavy atom. The smallest absolute Gasteiger partial charge is 0.319 e. The van der Waals surface area contributed by atoms with E-state index in [9.17, 15) is 9.59 Å². The van der Waals surface area contributed by atoms with Crippen LogP contribution in [0.5, 0.6) is 0 Å². The normalized spacial score (nSPS) is 21.0. The number of carbonyl (C=O) groups excluding carboxylic acids is 2. The summed E-state index contributed by atoms with van der Waals surface area (Å²) in [5, 5.41) is 9.10. The monoisotopic (exact) mass is 283 g/mol. The number of nitrogens with one attached hydrogen (secondary N) is 2. The lowest BCUT2D eigenvalue weighted by Crippen LogP contribution is -2.46. The Bertz CT molecular complexity index is 703. The quantitative estimate of drug-likeness (QED) is 0.494. The van der Waals surface area contributed by atoms with Crippen LogP contribution in [0.4, 0.5) is 10.5 Å². The molecular weight excluding hydrogens is 270 g/mol. The van der Waals surface area contributed by atoms with Gasteiger partial charge in [0.05, 0.1) is 6.04 Å². The second-order valence-electron chi connectivity index (χ2n) is 4.95. The average Bonchev–Trinajstić information content (AvgIpc) is 2.47. The van der Waals surface area contributed by atoms with Gasteiger partial charge >= 0.3 is 6.03 Å². The molecule has 1 heterocycles. The fourth-order valence-electron chi connectivity index (χ4n) is 2.81. The van der Waals surface area contributed by atoms with Crippen molar-refractivity contribution in [3.05, 3.63) is 51.5 Å². The van der Waals surface area contributed by atoms with E-state index in [1.54, 1.807) is 24.3 Å². The largest absolute Gasteiger partial charge is 0.327 e. The van der Waals surface area contributed by atoms with E-state index in [2.05, 4.69) is 20.7 Å².